The molecule has 9 heteroatoms. The number of unbranched alkanes of at least 4 members (excludes halogenated alkanes) is 32. The Hall–Kier alpha value is -0.814. The molecule has 1 aromatic carbocycles. The molecule has 61 heavy (non-hydrogen) atoms. The molecule has 0 heterocycles. The summed E-state index contributed by atoms with van der Waals surface area (Å²) in [5, 5.41) is 0. The number of allylic oxidation sites excluding steroid dienone is 4. The number of benzene rings is 1. The molecule has 0 saturated heterocycles. The van der Waals surface area contributed by atoms with Crippen molar-refractivity contribution in [2.45, 2.75) is 250 Å². The van der Waals surface area contributed by atoms with Crippen LogP contribution in [-0.4, -0.2) is 38.1 Å². The predicted molar refractivity (Wildman–Crippen MR) is 251 cm³/mol. The molecule has 0 N–H and O–H groups in total. The van der Waals surface area contributed by atoms with Gasteiger partial charge in [0, 0.05) is 0 Å². The molecule has 1 aromatic rings. The number of rotatable bonds is 43. The maximum Gasteiger partial charge on any atom is 1.00 e. The summed E-state index contributed by atoms with van der Waals surface area (Å²) in [5.74, 6) is -1.54. The minimum atomic E-state index is -4.82. The van der Waals surface area contributed by atoms with Gasteiger partial charge in [-0.25, -0.2) is 18.0 Å². The van der Waals surface area contributed by atoms with Crippen molar-refractivity contribution in [1.29, 1.82) is 0 Å². The Morgan fingerprint density at radius 3 is 1.03 bits per heavy atom. The van der Waals surface area contributed by atoms with Crippen LogP contribution < -0.4 is 51.4 Å². The van der Waals surface area contributed by atoms with Gasteiger partial charge in [0.05, 0.1) is 29.2 Å². The van der Waals surface area contributed by atoms with Gasteiger partial charge < -0.3 is 14.0 Å². The molecule has 0 fully saturated rings. The summed E-state index contributed by atoms with van der Waals surface area (Å²) >= 11 is 0. The zero-order valence-corrected chi connectivity index (χ0v) is 43.6. The summed E-state index contributed by atoms with van der Waals surface area (Å²) in [6.45, 7) is 4.89. The molecule has 0 saturated carbocycles. The Labute approximate surface area is 418 Å². The quantitative estimate of drug-likeness (QED) is 0.0211. The molecule has 7 nitrogen and oxygen atoms in total. The fourth-order valence-corrected chi connectivity index (χ4v) is 8.12. The van der Waals surface area contributed by atoms with Crippen LogP contribution >= 0.6 is 0 Å². The normalized spacial score (nSPS) is 11.7. The van der Waals surface area contributed by atoms with Gasteiger partial charge in [-0.2, -0.15) is 0 Å². The van der Waals surface area contributed by atoms with Gasteiger partial charge in [0.15, 0.2) is 0 Å². The molecule has 0 aliphatic carbocycles. The van der Waals surface area contributed by atoms with Crippen LogP contribution in [0.2, 0.25) is 0 Å². The topological polar surface area (TPSA) is 110 Å². The second-order valence-corrected chi connectivity index (χ2v) is 18.5. The van der Waals surface area contributed by atoms with E-state index in [1.54, 1.807) is 0 Å². The largest absolute Gasteiger partial charge is 1.00 e. The Balaban J connectivity index is 0.0000360. The molecule has 0 spiro atoms. The van der Waals surface area contributed by atoms with Crippen molar-refractivity contribution in [3.8, 4) is 0 Å². The summed E-state index contributed by atoms with van der Waals surface area (Å²) < 4.78 is 45.9. The Morgan fingerprint density at radius 1 is 0.443 bits per heavy atom. The van der Waals surface area contributed by atoms with Gasteiger partial charge in [0.25, 0.3) is 0 Å². The maximum atomic E-state index is 13.0. The molecule has 0 aliphatic heterocycles. The van der Waals surface area contributed by atoms with Gasteiger partial charge in [-0.3, -0.25) is 0 Å². The van der Waals surface area contributed by atoms with E-state index in [9.17, 15) is 22.6 Å². The number of hydrogen-bond donors (Lipinski definition) is 0. The van der Waals surface area contributed by atoms with Gasteiger partial charge in [-0.05, 0) is 82.4 Å². The van der Waals surface area contributed by atoms with E-state index in [2.05, 4.69) is 38.2 Å². The first-order valence-corrected chi connectivity index (χ1v) is 26.5. The first-order valence-electron chi connectivity index (χ1n) is 25.0. The molecule has 0 bridgehead atoms. The van der Waals surface area contributed by atoms with Crippen LogP contribution in [0.5, 0.6) is 0 Å². The van der Waals surface area contributed by atoms with Crippen LogP contribution in [-0.2, 0) is 19.6 Å². The maximum absolute atomic E-state index is 13.0. The Bertz CT molecular complexity index is 1340. The summed E-state index contributed by atoms with van der Waals surface area (Å²) in [6, 6.07) is 3.15. The van der Waals surface area contributed by atoms with E-state index in [0.717, 1.165) is 50.7 Å². The second-order valence-electron chi connectivity index (χ2n) is 17.1. The van der Waals surface area contributed by atoms with Crippen LogP contribution in [0.1, 0.15) is 266 Å². The molecular formula is C52H89KO7S. The molecule has 0 unspecified atom stereocenters. The van der Waals surface area contributed by atoms with Crippen LogP contribution in [0.15, 0.2) is 47.4 Å². The molecular weight excluding hydrogens is 808 g/mol. The number of hydrogen-bond acceptors (Lipinski definition) is 7. The summed E-state index contributed by atoms with van der Waals surface area (Å²) in [5.41, 5.74) is -0.336. The molecule has 0 atom stereocenters. The first-order chi connectivity index (χ1) is 29.3. The number of carbonyl (C=O) groups is 2. The van der Waals surface area contributed by atoms with E-state index < -0.39 is 27.0 Å². The second kappa shape index (κ2) is 44.4. The first kappa shape index (κ1) is 60.2. The van der Waals surface area contributed by atoms with E-state index in [1.165, 1.54) is 186 Å². The van der Waals surface area contributed by atoms with Crippen LogP contribution in [0.25, 0.3) is 0 Å². The molecule has 346 valence electrons. The van der Waals surface area contributed by atoms with Gasteiger partial charge in [0.2, 0.25) is 0 Å². The third-order valence-electron chi connectivity index (χ3n) is 11.5. The van der Waals surface area contributed by atoms with E-state index in [1.807, 2.05) is 0 Å². The Morgan fingerprint density at radius 2 is 0.721 bits per heavy atom. The standard InChI is InChI=1S/C52H90O7S.K/c1-3-5-7-9-11-13-15-17-19-21-23-25-27-29-31-33-35-37-39-41-45-58-51(53)49-44-43-48(60(55,56)57)47-50(49)52(54)59-46-42-40-38-36-34-32-30-28-26-24-22-20-18-16-14-12-10-8-6-4-2;/h17-20,43-44,47H,3-16,21-42,45-46H2,1-2H3,(H,55,56,57);/q;+1/p-1/b19-17+,20-18+;. The zero-order valence-electron chi connectivity index (χ0n) is 39.7. The van der Waals surface area contributed by atoms with Crippen molar-refractivity contribution < 1.29 is 83.4 Å². The van der Waals surface area contributed by atoms with E-state index in [0.29, 0.717) is 12.8 Å². The van der Waals surface area contributed by atoms with Crippen LogP contribution in [0.4, 0.5) is 0 Å². The monoisotopic (exact) mass is 897 g/mol. The van der Waals surface area contributed by atoms with Gasteiger partial charge in [0.1, 0.15) is 10.1 Å². The fraction of sp³-hybridized carbons (Fsp3) is 0.769. The van der Waals surface area contributed by atoms with Crippen LogP contribution in [0, 0.1) is 0 Å². The van der Waals surface area contributed by atoms with Gasteiger partial charge in [-0.1, -0.05) is 205 Å². The molecule has 0 radical (unpaired) electrons. The third-order valence-corrected chi connectivity index (χ3v) is 12.3. The minimum absolute atomic E-state index is 0. The van der Waals surface area contributed by atoms with Crippen molar-refractivity contribution in [2.24, 2.45) is 0 Å². The summed E-state index contributed by atoms with van der Waals surface area (Å²) in [7, 11) is -4.82. The summed E-state index contributed by atoms with van der Waals surface area (Å²) in [6.07, 6.45) is 53.6. The molecule has 0 aliphatic rings. The average molecular weight is 897 g/mol. The van der Waals surface area contributed by atoms with Crippen molar-refractivity contribution in [3.63, 3.8) is 0 Å². The molecule has 1 rings (SSSR count). The SMILES string of the molecule is CCCCCCCC/C=C/CCCCCCCCCCCCOC(=O)c1ccc(S(=O)(=O)[O-])cc1C(=O)OCCCCCCCCCCCC/C=C/CCCCCCCC.[K+]. The van der Waals surface area contributed by atoms with Crippen molar-refractivity contribution >= 4 is 22.1 Å². The van der Waals surface area contributed by atoms with E-state index in [4.69, 9.17) is 9.47 Å². The Kier molecular flexibility index (Phi) is 43.8. The van der Waals surface area contributed by atoms with E-state index in [-0.39, 0.29) is 75.7 Å². The van der Waals surface area contributed by atoms with Crippen molar-refractivity contribution in [3.05, 3.63) is 53.6 Å². The zero-order chi connectivity index (χ0) is 43.6. The van der Waals surface area contributed by atoms with Crippen molar-refractivity contribution in [1.82, 2.24) is 0 Å². The number of esters is 2. The third kappa shape index (κ3) is 37.1. The predicted octanol–water partition coefficient (Wildman–Crippen LogP) is 13.1. The minimum Gasteiger partial charge on any atom is -0.744 e. The van der Waals surface area contributed by atoms with Gasteiger partial charge in [-0.15, -0.1) is 0 Å². The smallest absolute Gasteiger partial charge is 0.744 e. The van der Waals surface area contributed by atoms with Crippen molar-refractivity contribution in [2.75, 3.05) is 13.2 Å². The fourth-order valence-electron chi connectivity index (χ4n) is 7.62. The van der Waals surface area contributed by atoms with E-state index >= 15 is 0 Å². The molecule has 0 amide bonds. The van der Waals surface area contributed by atoms with Gasteiger partial charge >= 0.3 is 63.3 Å². The average Bonchev–Trinajstić information content (AvgIpc) is 3.24. The number of carbonyl (C=O) groups excluding carboxylic acids is 2. The summed E-state index contributed by atoms with van der Waals surface area (Å²) in [4.78, 5) is 25.3. The molecule has 0 aromatic heterocycles. The number of ether oxygens (including phenoxy) is 2. The van der Waals surface area contributed by atoms with Crippen LogP contribution in [0.3, 0.4) is 0 Å².